The van der Waals surface area contributed by atoms with Gasteiger partial charge in [0, 0.05) is 37.9 Å². The standard InChI is InChI=1S/C29H23F3N4O6S/c30-29(31,32)20-8-11-24(23(17-20)36(40)41)42-22-9-6-19(7-10-22)16-25-27(38)35(28(39)43-25)18-26(37)34-14-12-33(13-15-34)21-4-2-1-3-5-21/h1-11,16-17H,12-15,18H2/b25-16+. The Bertz CT molecular complexity index is 1590. The number of imide groups is 1. The minimum atomic E-state index is -4.75. The van der Waals surface area contributed by atoms with Crippen molar-refractivity contribution in [3.8, 4) is 11.5 Å². The van der Waals surface area contributed by atoms with Gasteiger partial charge in [-0.3, -0.25) is 29.4 Å². The van der Waals surface area contributed by atoms with Gasteiger partial charge >= 0.3 is 11.9 Å². The van der Waals surface area contributed by atoms with E-state index in [1.807, 2.05) is 30.3 Å². The molecule has 0 aromatic heterocycles. The molecule has 43 heavy (non-hydrogen) atoms. The van der Waals surface area contributed by atoms with Crippen LogP contribution in [0.1, 0.15) is 11.1 Å². The summed E-state index contributed by atoms with van der Waals surface area (Å²) < 4.78 is 44.3. The fraction of sp³-hybridized carbons (Fsp3) is 0.207. The van der Waals surface area contributed by atoms with Crippen molar-refractivity contribution in [2.75, 3.05) is 37.6 Å². The Morgan fingerprint density at radius 1 is 0.977 bits per heavy atom. The lowest BCUT2D eigenvalue weighted by Gasteiger charge is -2.36. The van der Waals surface area contributed by atoms with E-state index in [0.717, 1.165) is 16.7 Å². The molecule has 2 aliphatic heterocycles. The zero-order chi connectivity index (χ0) is 30.7. The van der Waals surface area contributed by atoms with Gasteiger partial charge in [-0.2, -0.15) is 13.2 Å². The van der Waals surface area contributed by atoms with Crippen LogP contribution in [0.5, 0.6) is 11.5 Å². The molecule has 3 aromatic carbocycles. The highest BCUT2D eigenvalue weighted by molar-refractivity contribution is 8.18. The van der Waals surface area contributed by atoms with Crippen LogP contribution >= 0.6 is 11.8 Å². The van der Waals surface area contributed by atoms with Gasteiger partial charge in [0.05, 0.1) is 15.4 Å². The van der Waals surface area contributed by atoms with Crippen LogP contribution in [0.25, 0.3) is 6.08 Å². The largest absolute Gasteiger partial charge is 0.450 e. The van der Waals surface area contributed by atoms with Gasteiger partial charge in [-0.25, -0.2) is 0 Å². The average Bonchev–Trinajstić information content (AvgIpc) is 3.25. The van der Waals surface area contributed by atoms with E-state index in [9.17, 15) is 37.7 Å². The van der Waals surface area contributed by atoms with Crippen LogP contribution in [0, 0.1) is 10.1 Å². The Balaban J connectivity index is 1.20. The lowest BCUT2D eigenvalue weighted by molar-refractivity contribution is -0.385. The minimum Gasteiger partial charge on any atom is -0.450 e. The fourth-order valence-electron chi connectivity index (χ4n) is 4.56. The summed E-state index contributed by atoms with van der Waals surface area (Å²) in [5, 5.41) is 10.7. The van der Waals surface area contributed by atoms with E-state index in [1.165, 1.54) is 30.3 Å². The second-order valence-electron chi connectivity index (χ2n) is 9.58. The zero-order valence-corrected chi connectivity index (χ0v) is 23.1. The molecule has 0 unspecified atom stereocenters. The Kier molecular flexibility index (Phi) is 8.39. The summed E-state index contributed by atoms with van der Waals surface area (Å²) in [6.45, 7) is 1.81. The number of carbonyl (C=O) groups excluding carboxylic acids is 3. The highest BCUT2D eigenvalue weighted by Gasteiger charge is 2.37. The lowest BCUT2D eigenvalue weighted by atomic mass is 10.1. The predicted molar refractivity (Wildman–Crippen MR) is 153 cm³/mol. The first-order valence-corrected chi connectivity index (χ1v) is 13.8. The molecule has 0 N–H and O–H groups in total. The molecule has 10 nitrogen and oxygen atoms in total. The lowest BCUT2D eigenvalue weighted by Crippen LogP contribution is -2.51. The summed E-state index contributed by atoms with van der Waals surface area (Å²) in [5.41, 5.74) is -0.474. The van der Waals surface area contributed by atoms with Crippen molar-refractivity contribution < 1.29 is 37.2 Å². The smallest absolute Gasteiger partial charge is 0.416 e. The molecule has 2 fully saturated rings. The number of hydrogen-bond donors (Lipinski definition) is 0. The molecular weight excluding hydrogens is 589 g/mol. The molecule has 3 amide bonds. The third-order valence-corrected chi connectivity index (χ3v) is 7.72. The molecule has 14 heteroatoms. The first-order valence-electron chi connectivity index (χ1n) is 13.0. The molecule has 3 aromatic rings. The van der Waals surface area contributed by atoms with Crippen molar-refractivity contribution in [2.45, 2.75) is 6.18 Å². The normalized spacial score (nSPS) is 16.6. The number of halogens is 3. The number of para-hydroxylation sites is 1. The number of carbonyl (C=O) groups is 3. The summed E-state index contributed by atoms with van der Waals surface area (Å²) in [6.07, 6.45) is -3.30. The number of nitro groups is 1. The number of nitrogens with zero attached hydrogens (tertiary/aromatic N) is 4. The van der Waals surface area contributed by atoms with Gasteiger partial charge in [0.15, 0.2) is 0 Å². The van der Waals surface area contributed by atoms with Gasteiger partial charge in [-0.05, 0) is 59.8 Å². The SMILES string of the molecule is O=C(CN1C(=O)S/C(=C/c2ccc(Oc3ccc(C(F)(F)F)cc3[N+](=O)[O-])cc2)C1=O)N1CCN(c2ccccc2)CC1. The third-order valence-electron chi connectivity index (χ3n) is 6.81. The van der Waals surface area contributed by atoms with Crippen molar-refractivity contribution in [1.82, 2.24) is 9.80 Å². The number of alkyl halides is 3. The molecule has 0 atom stereocenters. The first kappa shape index (κ1) is 29.6. The van der Waals surface area contributed by atoms with Crippen molar-refractivity contribution in [1.29, 1.82) is 0 Å². The summed E-state index contributed by atoms with van der Waals surface area (Å²) >= 11 is 0.700. The van der Waals surface area contributed by atoms with E-state index >= 15 is 0 Å². The van der Waals surface area contributed by atoms with E-state index < -0.39 is 33.5 Å². The van der Waals surface area contributed by atoms with Crippen molar-refractivity contribution >= 4 is 46.3 Å². The van der Waals surface area contributed by atoms with Gasteiger partial charge in [0.2, 0.25) is 11.7 Å². The maximum Gasteiger partial charge on any atom is 0.416 e. The molecule has 222 valence electrons. The van der Waals surface area contributed by atoms with Crippen molar-refractivity contribution in [2.24, 2.45) is 0 Å². The van der Waals surface area contributed by atoms with Crippen LogP contribution in [0.15, 0.2) is 77.7 Å². The number of anilines is 1. The molecule has 2 aliphatic rings. The maximum atomic E-state index is 13.0. The van der Waals surface area contributed by atoms with Crippen LogP contribution in [0.3, 0.4) is 0 Å². The molecule has 0 saturated carbocycles. The van der Waals surface area contributed by atoms with Gasteiger partial charge in [0.25, 0.3) is 11.1 Å². The van der Waals surface area contributed by atoms with E-state index in [2.05, 4.69) is 4.90 Å². The number of rotatable bonds is 7. The summed E-state index contributed by atoms with van der Waals surface area (Å²) in [7, 11) is 0. The first-order chi connectivity index (χ1) is 20.5. The fourth-order valence-corrected chi connectivity index (χ4v) is 5.40. The Hall–Kier alpha value is -4.85. The van der Waals surface area contributed by atoms with E-state index in [1.54, 1.807) is 4.90 Å². The molecule has 2 heterocycles. The number of hydrogen-bond acceptors (Lipinski definition) is 8. The molecule has 0 aliphatic carbocycles. The van der Waals surface area contributed by atoms with Crippen molar-refractivity contribution in [3.63, 3.8) is 0 Å². The van der Waals surface area contributed by atoms with Crippen LogP contribution in [0.4, 0.5) is 29.3 Å². The number of piperazine rings is 1. The van der Waals surface area contributed by atoms with Crippen molar-refractivity contribution in [3.05, 3.63) is 98.9 Å². The second-order valence-corrected chi connectivity index (χ2v) is 10.6. The number of thioether (sulfide) groups is 1. The van der Waals surface area contributed by atoms with E-state index in [4.69, 9.17) is 4.74 Å². The molecule has 0 spiro atoms. The van der Waals surface area contributed by atoms with Gasteiger partial charge in [-0.1, -0.05) is 30.3 Å². The van der Waals surface area contributed by atoms with Crippen LogP contribution in [-0.2, 0) is 15.8 Å². The minimum absolute atomic E-state index is 0.103. The molecule has 0 bridgehead atoms. The van der Waals surface area contributed by atoms with Gasteiger partial charge in [0.1, 0.15) is 12.3 Å². The second kappa shape index (κ2) is 12.2. The Morgan fingerprint density at radius 2 is 1.65 bits per heavy atom. The number of ether oxygens (including phenoxy) is 1. The average molecular weight is 613 g/mol. The third kappa shape index (κ3) is 6.80. The number of nitro benzene ring substituents is 1. The monoisotopic (exact) mass is 612 g/mol. The molecule has 2 saturated heterocycles. The predicted octanol–water partition coefficient (Wildman–Crippen LogP) is 5.79. The molecule has 0 radical (unpaired) electrons. The molecular formula is C29H23F3N4O6S. The highest BCUT2D eigenvalue weighted by Crippen LogP contribution is 2.38. The Morgan fingerprint density at radius 3 is 2.28 bits per heavy atom. The summed E-state index contributed by atoms with van der Waals surface area (Å²) in [4.78, 5) is 53.6. The number of benzene rings is 3. The van der Waals surface area contributed by atoms with Crippen LogP contribution in [-0.4, -0.2) is 64.5 Å². The van der Waals surface area contributed by atoms with Crippen LogP contribution < -0.4 is 9.64 Å². The van der Waals surface area contributed by atoms with Gasteiger partial charge < -0.3 is 14.5 Å². The van der Waals surface area contributed by atoms with E-state index in [-0.39, 0.29) is 28.9 Å². The Labute approximate surface area is 247 Å². The van der Waals surface area contributed by atoms with Crippen LogP contribution in [0.2, 0.25) is 0 Å². The quantitative estimate of drug-likeness (QED) is 0.187. The zero-order valence-electron chi connectivity index (χ0n) is 22.3. The summed E-state index contributed by atoms with van der Waals surface area (Å²) in [5.74, 6) is -1.20. The number of amides is 3. The summed E-state index contributed by atoms with van der Waals surface area (Å²) in [6, 6.07) is 17.6. The molecule has 5 rings (SSSR count). The maximum absolute atomic E-state index is 13.0. The van der Waals surface area contributed by atoms with E-state index in [0.29, 0.717) is 55.6 Å². The topological polar surface area (TPSA) is 113 Å². The highest BCUT2D eigenvalue weighted by atomic mass is 32.2. The van der Waals surface area contributed by atoms with Gasteiger partial charge in [-0.15, -0.1) is 0 Å².